The lowest BCUT2D eigenvalue weighted by molar-refractivity contribution is -0.308. The third-order valence-electron chi connectivity index (χ3n) is 5.86. The molecule has 33 heavy (non-hydrogen) atoms. The van der Waals surface area contributed by atoms with E-state index in [1.54, 1.807) is 12.1 Å². The molecule has 1 saturated heterocycles. The molecule has 2 aliphatic rings. The molecule has 1 aromatic heterocycles. The van der Waals surface area contributed by atoms with E-state index in [0.717, 1.165) is 4.90 Å². The van der Waals surface area contributed by atoms with E-state index in [1.807, 2.05) is 0 Å². The minimum atomic E-state index is -5.77. The average molecular weight is 481 g/mol. The number of ether oxygens (including phenoxy) is 1. The number of hydrogen-bond donors (Lipinski definition) is 1. The van der Waals surface area contributed by atoms with Crippen molar-refractivity contribution in [2.45, 2.75) is 51.1 Å². The summed E-state index contributed by atoms with van der Waals surface area (Å²) in [5.41, 5.74) is 0.526. The molecule has 1 unspecified atom stereocenters. The van der Waals surface area contributed by atoms with Crippen LogP contribution < -0.4 is 5.32 Å². The first kappa shape index (κ1) is 24.8. The number of carbonyl (C=O) groups is 3. The van der Waals surface area contributed by atoms with Crippen LogP contribution in [-0.4, -0.2) is 59.2 Å². The van der Waals surface area contributed by atoms with Crippen molar-refractivity contribution < 1.29 is 45.5 Å². The van der Waals surface area contributed by atoms with Crippen LogP contribution in [0.1, 0.15) is 31.9 Å². The van der Waals surface area contributed by atoms with Crippen molar-refractivity contribution in [2.24, 2.45) is 11.3 Å². The zero-order chi connectivity index (χ0) is 24.6. The zero-order valence-electron chi connectivity index (χ0n) is 17.4. The number of piperidine rings is 1. The number of anilines is 1. The summed E-state index contributed by atoms with van der Waals surface area (Å²) in [6, 6.07) is 3.22. The molecule has 3 rings (SSSR count). The number of nitrogens with one attached hydrogen (secondary N) is 1. The first-order valence-corrected chi connectivity index (χ1v) is 10.1. The van der Waals surface area contributed by atoms with Gasteiger partial charge in [0.25, 0.3) is 6.10 Å². The predicted molar refractivity (Wildman–Crippen MR) is 101 cm³/mol. The number of Topliss-reactive ketones (excluding diaryl/α,β-unsaturated/α-hetero) is 1. The lowest BCUT2D eigenvalue weighted by Gasteiger charge is -2.33. The molecule has 1 aliphatic carbocycles. The number of ketones is 1. The van der Waals surface area contributed by atoms with Gasteiger partial charge in [0.05, 0.1) is 11.9 Å². The van der Waals surface area contributed by atoms with Gasteiger partial charge < -0.3 is 15.0 Å². The Hall–Kier alpha value is -2.86. The first-order valence-electron chi connectivity index (χ1n) is 10.1. The Bertz CT molecular complexity index is 894. The lowest BCUT2D eigenvalue weighted by Crippen LogP contribution is -2.49. The molecule has 1 N–H and O–H groups in total. The topological polar surface area (TPSA) is 88.6 Å². The van der Waals surface area contributed by atoms with Crippen molar-refractivity contribution in [1.29, 1.82) is 0 Å². The quantitative estimate of drug-likeness (QED) is 0.645. The van der Waals surface area contributed by atoms with E-state index in [2.05, 4.69) is 15.0 Å². The largest absolute Gasteiger partial charge is 0.434 e. The summed E-state index contributed by atoms with van der Waals surface area (Å²) >= 11 is 0. The van der Waals surface area contributed by atoms with Crippen molar-refractivity contribution in [1.82, 2.24) is 9.88 Å². The molecule has 1 spiro atoms. The van der Waals surface area contributed by atoms with Crippen LogP contribution in [0.25, 0.3) is 0 Å². The molecule has 13 heteroatoms. The molecular weight excluding hydrogens is 460 g/mol. The Balaban J connectivity index is 1.51. The summed E-state index contributed by atoms with van der Waals surface area (Å²) in [6.45, 7) is 1.19. The fraction of sp³-hybridized carbons (Fsp3) is 0.600. The number of halogens is 6. The maximum atomic E-state index is 12.6. The van der Waals surface area contributed by atoms with Gasteiger partial charge in [-0.3, -0.25) is 14.6 Å². The minimum absolute atomic E-state index is 0.0539. The van der Waals surface area contributed by atoms with Crippen molar-refractivity contribution in [3.05, 3.63) is 24.0 Å². The Kier molecular flexibility index (Phi) is 6.62. The molecule has 182 valence electrons. The fourth-order valence-corrected chi connectivity index (χ4v) is 3.99. The normalized spacial score (nSPS) is 20.0. The number of aromatic nitrogens is 1. The van der Waals surface area contributed by atoms with Gasteiger partial charge in [-0.05, 0) is 43.7 Å². The highest BCUT2D eigenvalue weighted by Crippen LogP contribution is 2.59. The second-order valence-corrected chi connectivity index (χ2v) is 8.36. The minimum Gasteiger partial charge on any atom is -0.426 e. The van der Waals surface area contributed by atoms with Crippen LogP contribution in [0.4, 0.5) is 36.8 Å². The monoisotopic (exact) mass is 481 g/mol. The van der Waals surface area contributed by atoms with Gasteiger partial charge in [0.1, 0.15) is 5.78 Å². The third-order valence-corrected chi connectivity index (χ3v) is 5.86. The van der Waals surface area contributed by atoms with Crippen LogP contribution in [0.2, 0.25) is 0 Å². The lowest BCUT2D eigenvalue weighted by atomic mass is 9.91. The Morgan fingerprint density at radius 1 is 1.15 bits per heavy atom. The van der Waals surface area contributed by atoms with Gasteiger partial charge in [-0.15, -0.1) is 0 Å². The Morgan fingerprint density at radius 3 is 2.24 bits per heavy atom. The summed E-state index contributed by atoms with van der Waals surface area (Å²) in [5.74, 6) is -0.742. The van der Waals surface area contributed by atoms with Crippen molar-refractivity contribution >= 4 is 23.5 Å². The number of hydrogen-bond acceptors (Lipinski definition) is 5. The van der Waals surface area contributed by atoms with E-state index in [0.29, 0.717) is 17.8 Å². The van der Waals surface area contributed by atoms with Gasteiger partial charge in [0.2, 0.25) is 5.91 Å². The van der Waals surface area contributed by atoms with E-state index < -0.39 is 35.9 Å². The van der Waals surface area contributed by atoms with Crippen LogP contribution in [-0.2, 0) is 20.7 Å². The van der Waals surface area contributed by atoms with E-state index >= 15 is 0 Å². The van der Waals surface area contributed by atoms with Crippen LogP contribution in [0.15, 0.2) is 18.3 Å². The van der Waals surface area contributed by atoms with Crippen molar-refractivity contribution in [3.8, 4) is 0 Å². The molecule has 1 atom stereocenters. The molecule has 0 aromatic carbocycles. The second kappa shape index (κ2) is 8.82. The maximum Gasteiger partial charge on any atom is 0.434 e. The van der Waals surface area contributed by atoms with Crippen molar-refractivity contribution in [2.75, 3.05) is 18.4 Å². The Labute approximate surface area is 184 Å². The van der Waals surface area contributed by atoms with E-state index in [9.17, 15) is 40.7 Å². The van der Waals surface area contributed by atoms with Gasteiger partial charge in [0.15, 0.2) is 0 Å². The maximum absolute atomic E-state index is 12.6. The number of nitrogens with zero attached hydrogens (tertiary/aromatic N) is 2. The highest BCUT2D eigenvalue weighted by Gasteiger charge is 2.61. The van der Waals surface area contributed by atoms with E-state index in [1.165, 1.54) is 13.1 Å². The number of rotatable bonds is 5. The highest BCUT2D eigenvalue weighted by atomic mass is 19.4. The van der Waals surface area contributed by atoms with Crippen LogP contribution in [0.3, 0.4) is 0 Å². The molecule has 2 heterocycles. The zero-order valence-corrected chi connectivity index (χ0v) is 17.4. The average Bonchev–Trinajstić information content (AvgIpc) is 3.39. The number of likely N-dealkylation sites (tertiary alicyclic amines) is 1. The van der Waals surface area contributed by atoms with Crippen LogP contribution in [0.5, 0.6) is 0 Å². The molecule has 0 bridgehead atoms. The molecule has 0 radical (unpaired) electrons. The van der Waals surface area contributed by atoms with E-state index in [4.69, 9.17) is 0 Å². The number of carbonyl (C=O) groups excluding carboxylic acids is 3. The molecular formula is C20H21F6N3O4. The van der Waals surface area contributed by atoms with Gasteiger partial charge in [-0.2, -0.15) is 26.3 Å². The summed E-state index contributed by atoms with van der Waals surface area (Å²) in [5, 5.41) is 2.71. The molecule has 7 nitrogen and oxygen atoms in total. The predicted octanol–water partition coefficient (Wildman–Crippen LogP) is 3.88. The Morgan fingerprint density at radius 2 is 1.76 bits per heavy atom. The first-order chi connectivity index (χ1) is 15.2. The summed E-state index contributed by atoms with van der Waals surface area (Å²) in [7, 11) is 0. The summed E-state index contributed by atoms with van der Waals surface area (Å²) in [4.78, 5) is 40.4. The smallest absolute Gasteiger partial charge is 0.426 e. The molecule has 2 amide bonds. The van der Waals surface area contributed by atoms with E-state index in [-0.39, 0.29) is 44.0 Å². The molecule has 2 fully saturated rings. The SMILES string of the molecule is CC(=O)Cc1ccc(NC(=O)C2CC23CCN(C(=O)OC(C(F)(F)F)C(F)(F)F)CC3)cn1. The van der Waals surface area contributed by atoms with Gasteiger partial charge in [-0.25, -0.2) is 4.79 Å². The summed E-state index contributed by atoms with van der Waals surface area (Å²) in [6.07, 6.45) is -14.9. The van der Waals surface area contributed by atoms with Gasteiger partial charge in [0, 0.05) is 31.1 Å². The fourth-order valence-electron chi connectivity index (χ4n) is 3.99. The van der Waals surface area contributed by atoms with Crippen molar-refractivity contribution in [3.63, 3.8) is 0 Å². The van der Waals surface area contributed by atoms with Gasteiger partial charge >= 0.3 is 18.4 Å². The molecule has 1 aromatic rings. The number of amides is 2. The number of alkyl halides is 6. The number of pyridine rings is 1. The molecule has 1 aliphatic heterocycles. The van der Waals surface area contributed by atoms with Gasteiger partial charge in [-0.1, -0.05) is 0 Å². The molecule has 1 saturated carbocycles. The second-order valence-electron chi connectivity index (χ2n) is 8.36. The third kappa shape index (κ3) is 5.93. The van der Waals surface area contributed by atoms with Crippen LogP contribution >= 0.6 is 0 Å². The standard InChI is InChI=1S/C20H21F6N3O4/c1-11(30)8-12-2-3-13(10-27-12)28-15(31)14-9-18(14)4-6-29(7-5-18)17(32)33-16(19(21,22)23)20(24,25)26/h2-3,10,14,16H,4-9H2,1H3,(H,28,31). The highest BCUT2D eigenvalue weighted by molar-refractivity contribution is 5.95. The van der Waals surface area contributed by atoms with Crippen LogP contribution in [0, 0.1) is 11.3 Å². The summed E-state index contributed by atoms with van der Waals surface area (Å²) < 4.78 is 79.3.